The average molecular weight is 275 g/mol. The number of anilines is 1. The van der Waals surface area contributed by atoms with Gasteiger partial charge in [0.1, 0.15) is 0 Å². The van der Waals surface area contributed by atoms with Crippen LogP contribution in [-0.2, 0) is 0 Å². The monoisotopic (exact) mass is 275 g/mol. The molecule has 1 aliphatic rings. The minimum atomic E-state index is -0.310. The van der Waals surface area contributed by atoms with Gasteiger partial charge in [-0.3, -0.25) is 9.48 Å². The largest absolute Gasteiger partial charge is 0.351 e. The van der Waals surface area contributed by atoms with E-state index in [0.717, 1.165) is 25.9 Å². The van der Waals surface area contributed by atoms with Gasteiger partial charge in [0, 0.05) is 12.3 Å². The van der Waals surface area contributed by atoms with Crippen LogP contribution in [0.2, 0.25) is 0 Å². The van der Waals surface area contributed by atoms with Crippen LogP contribution in [0.25, 0.3) is 0 Å². The van der Waals surface area contributed by atoms with E-state index in [9.17, 15) is 4.79 Å². The maximum Gasteiger partial charge on any atom is 0.294 e. The molecule has 7 heteroatoms. The molecule has 1 aliphatic heterocycles. The SMILES string of the molecule is Cc1cc(C(=O)Nc2cnn(C3CCNCC3)c2)on1. The molecule has 2 aromatic rings. The predicted molar refractivity (Wildman–Crippen MR) is 72.6 cm³/mol. The van der Waals surface area contributed by atoms with E-state index in [1.807, 2.05) is 10.9 Å². The van der Waals surface area contributed by atoms with E-state index in [-0.39, 0.29) is 11.7 Å². The van der Waals surface area contributed by atoms with E-state index in [2.05, 4.69) is 20.9 Å². The van der Waals surface area contributed by atoms with Gasteiger partial charge in [-0.2, -0.15) is 5.10 Å². The lowest BCUT2D eigenvalue weighted by atomic mass is 10.1. The minimum absolute atomic E-state index is 0.206. The first-order chi connectivity index (χ1) is 9.72. The maximum absolute atomic E-state index is 11.9. The number of hydrogen-bond donors (Lipinski definition) is 2. The number of aryl methyl sites for hydroxylation is 1. The molecule has 7 nitrogen and oxygen atoms in total. The number of rotatable bonds is 3. The van der Waals surface area contributed by atoms with Gasteiger partial charge >= 0.3 is 0 Å². The molecule has 3 rings (SSSR count). The third-order valence-corrected chi connectivity index (χ3v) is 3.39. The van der Waals surface area contributed by atoms with Crippen LogP contribution in [0, 0.1) is 6.92 Å². The van der Waals surface area contributed by atoms with Gasteiger partial charge in [0.05, 0.1) is 23.6 Å². The summed E-state index contributed by atoms with van der Waals surface area (Å²) in [5.74, 6) is -0.104. The molecular weight excluding hydrogens is 258 g/mol. The molecule has 1 saturated heterocycles. The van der Waals surface area contributed by atoms with Crippen molar-refractivity contribution in [1.82, 2.24) is 20.3 Å². The van der Waals surface area contributed by atoms with Crippen molar-refractivity contribution in [1.29, 1.82) is 0 Å². The van der Waals surface area contributed by atoms with Crippen molar-refractivity contribution < 1.29 is 9.32 Å². The molecule has 20 heavy (non-hydrogen) atoms. The molecule has 0 saturated carbocycles. The Morgan fingerprint density at radius 2 is 2.30 bits per heavy atom. The summed E-state index contributed by atoms with van der Waals surface area (Å²) in [4.78, 5) is 11.9. The second-order valence-corrected chi connectivity index (χ2v) is 4.98. The standard InChI is InChI=1S/C13H17N5O2/c1-9-6-12(20-17-9)13(19)16-10-7-15-18(8-10)11-2-4-14-5-3-11/h6-8,11,14H,2-5H2,1H3,(H,16,19). The van der Waals surface area contributed by atoms with E-state index in [1.54, 1.807) is 19.2 Å². The fraction of sp³-hybridized carbons (Fsp3) is 0.462. The summed E-state index contributed by atoms with van der Waals surface area (Å²) >= 11 is 0. The highest BCUT2D eigenvalue weighted by Gasteiger charge is 2.17. The van der Waals surface area contributed by atoms with E-state index >= 15 is 0 Å². The number of aromatic nitrogens is 3. The van der Waals surface area contributed by atoms with Gasteiger partial charge in [-0.1, -0.05) is 5.16 Å². The van der Waals surface area contributed by atoms with Gasteiger partial charge in [0.2, 0.25) is 5.76 Å². The Morgan fingerprint density at radius 1 is 1.50 bits per heavy atom. The number of carbonyl (C=O) groups excluding carboxylic acids is 1. The van der Waals surface area contributed by atoms with Gasteiger partial charge < -0.3 is 15.2 Å². The van der Waals surface area contributed by atoms with Crippen molar-refractivity contribution in [3.63, 3.8) is 0 Å². The lowest BCUT2D eigenvalue weighted by Gasteiger charge is -2.22. The Kier molecular flexibility index (Phi) is 3.51. The molecule has 0 bridgehead atoms. The quantitative estimate of drug-likeness (QED) is 0.883. The second-order valence-electron chi connectivity index (χ2n) is 4.98. The molecule has 0 atom stereocenters. The first kappa shape index (κ1) is 12.9. The highest BCUT2D eigenvalue weighted by molar-refractivity contribution is 6.02. The van der Waals surface area contributed by atoms with Crippen molar-refractivity contribution in [2.45, 2.75) is 25.8 Å². The van der Waals surface area contributed by atoms with E-state index < -0.39 is 0 Å². The van der Waals surface area contributed by atoms with Gasteiger partial charge in [-0.05, 0) is 32.9 Å². The number of amides is 1. The molecule has 0 aromatic carbocycles. The van der Waals surface area contributed by atoms with Crippen molar-refractivity contribution in [3.8, 4) is 0 Å². The zero-order chi connectivity index (χ0) is 13.9. The Morgan fingerprint density at radius 3 is 3.00 bits per heavy atom. The maximum atomic E-state index is 11.9. The Labute approximate surface area is 116 Å². The fourth-order valence-electron chi connectivity index (χ4n) is 2.34. The predicted octanol–water partition coefficient (Wildman–Crippen LogP) is 1.36. The van der Waals surface area contributed by atoms with Gasteiger partial charge in [0.25, 0.3) is 5.91 Å². The first-order valence-electron chi connectivity index (χ1n) is 6.72. The molecular formula is C13H17N5O2. The summed E-state index contributed by atoms with van der Waals surface area (Å²) in [6.45, 7) is 3.78. The summed E-state index contributed by atoms with van der Waals surface area (Å²) in [7, 11) is 0. The minimum Gasteiger partial charge on any atom is -0.351 e. The smallest absolute Gasteiger partial charge is 0.294 e. The van der Waals surface area contributed by atoms with E-state index in [4.69, 9.17) is 4.52 Å². The second kappa shape index (κ2) is 5.46. The molecule has 3 heterocycles. The third-order valence-electron chi connectivity index (χ3n) is 3.39. The lowest BCUT2D eigenvalue weighted by Crippen LogP contribution is -2.29. The zero-order valence-electron chi connectivity index (χ0n) is 11.3. The zero-order valence-corrected chi connectivity index (χ0v) is 11.3. The van der Waals surface area contributed by atoms with Crippen LogP contribution < -0.4 is 10.6 Å². The van der Waals surface area contributed by atoms with Crippen molar-refractivity contribution in [3.05, 3.63) is 29.9 Å². The number of carbonyl (C=O) groups is 1. The highest BCUT2D eigenvalue weighted by Crippen LogP contribution is 2.19. The lowest BCUT2D eigenvalue weighted by molar-refractivity contribution is 0.0988. The van der Waals surface area contributed by atoms with Crippen molar-refractivity contribution >= 4 is 11.6 Å². The van der Waals surface area contributed by atoms with Crippen LogP contribution in [0.5, 0.6) is 0 Å². The van der Waals surface area contributed by atoms with Crippen molar-refractivity contribution in [2.75, 3.05) is 18.4 Å². The summed E-state index contributed by atoms with van der Waals surface area (Å²) in [6, 6.07) is 2.00. The van der Waals surface area contributed by atoms with Gasteiger partial charge in [0.15, 0.2) is 0 Å². The number of piperidine rings is 1. The molecule has 2 N–H and O–H groups in total. The molecule has 1 fully saturated rings. The molecule has 106 valence electrons. The molecule has 0 unspecified atom stereocenters. The van der Waals surface area contributed by atoms with Crippen LogP contribution in [0.3, 0.4) is 0 Å². The Bertz CT molecular complexity index is 597. The number of nitrogens with one attached hydrogen (secondary N) is 2. The molecule has 0 radical (unpaired) electrons. The number of hydrogen-bond acceptors (Lipinski definition) is 5. The Balaban J connectivity index is 1.66. The van der Waals surface area contributed by atoms with Crippen LogP contribution >= 0.6 is 0 Å². The molecule has 2 aromatic heterocycles. The summed E-state index contributed by atoms with van der Waals surface area (Å²) < 4.78 is 6.84. The normalized spacial score (nSPS) is 16.2. The van der Waals surface area contributed by atoms with Crippen LogP contribution in [0.4, 0.5) is 5.69 Å². The summed E-state index contributed by atoms with van der Waals surface area (Å²) in [6.07, 6.45) is 5.62. The molecule has 1 amide bonds. The summed E-state index contributed by atoms with van der Waals surface area (Å²) in [5.41, 5.74) is 1.35. The Hall–Kier alpha value is -2.15. The third kappa shape index (κ3) is 2.72. The first-order valence-corrected chi connectivity index (χ1v) is 6.72. The van der Waals surface area contributed by atoms with Gasteiger partial charge in [-0.15, -0.1) is 0 Å². The van der Waals surface area contributed by atoms with E-state index in [0.29, 0.717) is 17.4 Å². The highest BCUT2D eigenvalue weighted by atomic mass is 16.5. The van der Waals surface area contributed by atoms with Crippen molar-refractivity contribution in [2.24, 2.45) is 0 Å². The molecule has 0 spiro atoms. The molecule has 0 aliphatic carbocycles. The average Bonchev–Trinajstić information content (AvgIpc) is 3.09. The van der Waals surface area contributed by atoms with Crippen LogP contribution in [-0.4, -0.2) is 33.9 Å². The van der Waals surface area contributed by atoms with E-state index in [1.165, 1.54) is 0 Å². The van der Waals surface area contributed by atoms with Gasteiger partial charge in [-0.25, -0.2) is 0 Å². The topological polar surface area (TPSA) is 85.0 Å². The summed E-state index contributed by atoms with van der Waals surface area (Å²) in [5, 5.41) is 14.1. The fourth-order valence-corrected chi connectivity index (χ4v) is 2.34. The number of nitrogens with zero attached hydrogens (tertiary/aromatic N) is 3. The van der Waals surface area contributed by atoms with Crippen LogP contribution in [0.15, 0.2) is 23.0 Å². The van der Waals surface area contributed by atoms with Crippen LogP contribution in [0.1, 0.15) is 35.1 Å².